The van der Waals surface area contributed by atoms with Crippen molar-refractivity contribution in [3.8, 4) is 0 Å². The van der Waals surface area contributed by atoms with Crippen LogP contribution in [0.2, 0.25) is 5.28 Å². The summed E-state index contributed by atoms with van der Waals surface area (Å²) in [6.45, 7) is 5.72. The number of nitrogens with zero attached hydrogens (tertiary/aromatic N) is 3. The highest BCUT2D eigenvalue weighted by atomic mass is 79.9. The lowest BCUT2D eigenvalue weighted by molar-refractivity contribution is 0.982. The first kappa shape index (κ1) is 13.0. The zero-order valence-electron chi connectivity index (χ0n) is 10.4. The fourth-order valence-corrected chi connectivity index (χ4v) is 3.67. The molecular weight excluding hydrogens is 350 g/mol. The van der Waals surface area contributed by atoms with Gasteiger partial charge >= 0.3 is 0 Å². The van der Waals surface area contributed by atoms with Gasteiger partial charge in [-0.15, -0.1) is 11.3 Å². The summed E-state index contributed by atoms with van der Waals surface area (Å²) >= 11 is 11.0. The maximum Gasteiger partial charge on any atom is 0.269 e. The van der Waals surface area contributed by atoms with E-state index in [0.717, 1.165) is 15.3 Å². The molecule has 3 aromatic rings. The van der Waals surface area contributed by atoms with Gasteiger partial charge in [0.25, 0.3) is 5.56 Å². The number of hydrogen-bond donors (Lipinski definition) is 0. The van der Waals surface area contributed by atoms with Crippen LogP contribution in [0.25, 0.3) is 15.9 Å². The molecule has 3 rings (SSSR count). The van der Waals surface area contributed by atoms with Gasteiger partial charge in [-0.05, 0) is 53.9 Å². The minimum Gasteiger partial charge on any atom is -0.268 e. The lowest BCUT2D eigenvalue weighted by Gasteiger charge is -2.07. The Morgan fingerprint density at radius 1 is 1.26 bits per heavy atom. The molecule has 0 saturated heterocycles. The Hall–Kier alpha value is -0.980. The van der Waals surface area contributed by atoms with Crippen molar-refractivity contribution >= 4 is 54.7 Å². The monoisotopic (exact) mass is 357 g/mol. The van der Waals surface area contributed by atoms with Crippen molar-refractivity contribution < 1.29 is 0 Å². The quantitative estimate of drug-likeness (QED) is 0.576. The molecule has 0 saturated carbocycles. The Kier molecular flexibility index (Phi) is 2.92. The molecule has 0 aromatic carbocycles. The van der Waals surface area contributed by atoms with E-state index >= 15 is 0 Å². The van der Waals surface area contributed by atoms with E-state index in [1.54, 1.807) is 0 Å². The molecule has 0 amide bonds. The highest BCUT2D eigenvalue weighted by Crippen LogP contribution is 2.29. The highest BCUT2D eigenvalue weighted by molar-refractivity contribution is 9.10. The molecule has 0 aliphatic rings. The molecule has 0 bridgehead atoms. The SMILES string of the molecule is Cc1nc(Cl)n2c(=O)c3c(C)c(C)sc3nc2c1Br. The molecule has 98 valence electrons. The standard InChI is InChI=1S/C12H9BrClN3OS/c1-4-6(3)19-10-7(4)11(18)17-9(16-10)8(13)5(2)15-12(17)14/h1-3H3. The third-order valence-corrected chi connectivity index (χ3v) is 5.44. The zero-order valence-corrected chi connectivity index (χ0v) is 13.6. The number of fused-ring (bicyclic) bond motifs is 2. The smallest absolute Gasteiger partial charge is 0.268 e. The summed E-state index contributed by atoms with van der Waals surface area (Å²) in [5, 5.41) is 0.762. The van der Waals surface area contributed by atoms with E-state index in [2.05, 4.69) is 25.9 Å². The van der Waals surface area contributed by atoms with E-state index in [4.69, 9.17) is 11.6 Å². The third-order valence-electron chi connectivity index (χ3n) is 3.16. The van der Waals surface area contributed by atoms with Crippen molar-refractivity contribution in [2.45, 2.75) is 20.8 Å². The minimum absolute atomic E-state index is 0.137. The van der Waals surface area contributed by atoms with Crippen LogP contribution in [0.3, 0.4) is 0 Å². The summed E-state index contributed by atoms with van der Waals surface area (Å²) in [5.41, 5.74) is 2.01. The Morgan fingerprint density at radius 2 is 1.95 bits per heavy atom. The molecule has 4 nitrogen and oxygen atoms in total. The van der Waals surface area contributed by atoms with Crippen LogP contribution in [0, 0.1) is 20.8 Å². The van der Waals surface area contributed by atoms with Crippen molar-refractivity contribution in [3.63, 3.8) is 0 Å². The molecule has 0 spiro atoms. The largest absolute Gasteiger partial charge is 0.269 e. The second-order valence-electron chi connectivity index (χ2n) is 4.32. The molecule has 0 unspecified atom stereocenters. The highest BCUT2D eigenvalue weighted by Gasteiger charge is 2.17. The summed E-state index contributed by atoms with van der Waals surface area (Å²) in [5.74, 6) is 0. The Bertz CT molecular complexity index is 900. The van der Waals surface area contributed by atoms with E-state index in [1.807, 2.05) is 20.8 Å². The fourth-order valence-electron chi connectivity index (χ4n) is 2.01. The normalized spacial score (nSPS) is 11.6. The molecule has 0 N–H and O–H groups in total. The van der Waals surface area contributed by atoms with Crippen LogP contribution in [-0.4, -0.2) is 14.4 Å². The molecule has 0 aliphatic heterocycles. The van der Waals surface area contributed by atoms with Gasteiger partial charge in [-0.3, -0.25) is 4.79 Å². The van der Waals surface area contributed by atoms with E-state index < -0.39 is 0 Å². The van der Waals surface area contributed by atoms with Crippen molar-refractivity contribution in [3.05, 3.63) is 36.2 Å². The third kappa shape index (κ3) is 1.74. The van der Waals surface area contributed by atoms with Crippen LogP contribution < -0.4 is 5.56 Å². The van der Waals surface area contributed by atoms with Crippen LogP contribution in [0.5, 0.6) is 0 Å². The summed E-state index contributed by atoms with van der Waals surface area (Å²) < 4.78 is 2.04. The predicted octanol–water partition coefficient (Wildman–Crippen LogP) is 3.65. The van der Waals surface area contributed by atoms with E-state index in [0.29, 0.717) is 21.2 Å². The first-order valence-corrected chi connectivity index (χ1v) is 7.54. The summed E-state index contributed by atoms with van der Waals surface area (Å²) in [6, 6.07) is 0. The van der Waals surface area contributed by atoms with Crippen LogP contribution in [0.1, 0.15) is 16.1 Å². The molecule has 19 heavy (non-hydrogen) atoms. The van der Waals surface area contributed by atoms with Gasteiger partial charge in [0.05, 0.1) is 15.6 Å². The average Bonchev–Trinajstić information content (AvgIpc) is 2.62. The maximum atomic E-state index is 12.6. The van der Waals surface area contributed by atoms with Crippen molar-refractivity contribution in [2.75, 3.05) is 0 Å². The van der Waals surface area contributed by atoms with Gasteiger partial charge in [-0.25, -0.2) is 14.4 Å². The van der Waals surface area contributed by atoms with Gasteiger partial charge < -0.3 is 0 Å². The van der Waals surface area contributed by atoms with Crippen LogP contribution in [0.15, 0.2) is 9.27 Å². The maximum absolute atomic E-state index is 12.6. The topological polar surface area (TPSA) is 47.3 Å². The molecule has 0 atom stereocenters. The molecule has 3 aromatic heterocycles. The van der Waals surface area contributed by atoms with Crippen LogP contribution in [-0.2, 0) is 0 Å². The molecular formula is C12H9BrClN3OS. The second-order valence-corrected chi connectivity index (χ2v) is 6.65. The van der Waals surface area contributed by atoms with E-state index in [-0.39, 0.29) is 10.8 Å². The van der Waals surface area contributed by atoms with Gasteiger partial charge in [0, 0.05) is 4.88 Å². The molecule has 0 radical (unpaired) electrons. The molecule has 0 aliphatic carbocycles. The van der Waals surface area contributed by atoms with Crippen molar-refractivity contribution in [1.29, 1.82) is 0 Å². The predicted molar refractivity (Wildman–Crippen MR) is 81.6 cm³/mol. The van der Waals surface area contributed by atoms with Crippen molar-refractivity contribution in [1.82, 2.24) is 14.4 Å². The number of thiophene rings is 1. The number of aryl methyl sites for hydroxylation is 3. The fraction of sp³-hybridized carbons (Fsp3) is 0.250. The Morgan fingerprint density at radius 3 is 2.63 bits per heavy atom. The summed E-state index contributed by atoms with van der Waals surface area (Å²) in [7, 11) is 0. The Labute approximate surface area is 126 Å². The zero-order chi connectivity index (χ0) is 13.9. The van der Waals surface area contributed by atoms with Gasteiger partial charge in [0.1, 0.15) is 4.83 Å². The summed E-state index contributed by atoms with van der Waals surface area (Å²) in [4.78, 5) is 23.1. The summed E-state index contributed by atoms with van der Waals surface area (Å²) in [6.07, 6.45) is 0. The molecule has 0 fully saturated rings. The molecule has 7 heteroatoms. The van der Waals surface area contributed by atoms with Crippen molar-refractivity contribution in [2.24, 2.45) is 0 Å². The second kappa shape index (κ2) is 4.26. The van der Waals surface area contributed by atoms with Gasteiger partial charge in [0.2, 0.25) is 5.28 Å². The van der Waals surface area contributed by atoms with Gasteiger partial charge in [-0.2, -0.15) is 0 Å². The van der Waals surface area contributed by atoms with E-state index in [9.17, 15) is 4.79 Å². The number of rotatable bonds is 0. The molecule has 3 heterocycles. The number of aromatic nitrogens is 3. The first-order chi connectivity index (χ1) is 8.91. The van der Waals surface area contributed by atoms with E-state index in [1.165, 1.54) is 15.7 Å². The van der Waals surface area contributed by atoms with Gasteiger partial charge in [0.15, 0.2) is 5.65 Å². The number of hydrogen-bond acceptors (Lipinski definition) is 4. The van der Waals surface area contributed by atoms with Crippen LogP contribution in [0.4, 0.5) is 0 Å². The lowest BCUT2D eigenvalue weighted by Crippen LogP contribution is -2.18. The number of halogens is 2. The Balaban J connectivity index is 2.69. The van der Waals surface area contributed by atoms with Gasteiger partial charge in [-0.1, -0.05) is 0 Å². The average molecular weight is 359 g/mol. The minimum atomic E-state index is -0.167. The first-order valence-electron chi connectivity index (χ1n) is 5.56. The lowest BCUT2D eigenvalue weighted by atomic mass is 10.2. The van der Waals surface area contributed by atoms with Crippen LogP contribution >= 0.6 is 38.9 Å².